The van der Waals surface area contributed by atoms with Gasteiger partial charge in [0.05, 0.1) is 17.3 Å². The van der Waals surface area contributed by atoms with Crippen molar-refractivity contribution in [3.8, 4) is 0 Å². The molecular formula is C13H15BrN2O. The molecule has 3 nitrogen and oxygen atoms in total. The van der Waals surface area contributed by atoms with E-state index in [0.717, 1.165) is 27.6 Å². The summed E-state index contributed by atoms with van der Waals surface area (Å²) in [5, 5.41) is 4.47. The second kappa shape index (κ2) is 5.47. The van der Waals surface area contributed by atoms with Crippen LogP contribution >= 0.6 is 15.9 Å². The maximum atomic E-state index is 5.21. The van der Waals surface area contributed by atoms with E-state index in [-0.39, 0.29) is 6.10 Å². The number of methoxy groups -OCH3 is 1. The van der Waals surface area contributed by atoms with Gasteiger partial charge in [-0.15, -0.1) is 0 Å². The third-order valence-corrected chi connectivity index (χ3v) is 3.09. The zero-order chi connectivity index (χ0) is 12.3. The molecule has 0 radical (unpaired) electrons. The average molecular weight is 295 g/mol. The molecule has 0 aliphatic heterocycles. The van der Waals surface area contributed by atoms with Crippen LogP contribution in [0, 0.1) is 0 Å². The fourth-order valence-corrected chi connectivity index (χ4v) is 1.96. The number of nitrogens with one attached hydrogen (secondary N) is 1. The Morgan fingerprint density at radius 3 is 3.06 bits per heavy atom. The van der Waals surface area contributed by atoms with Crippen molar-refractivity contribution in [1.29, 1.82) is 0 Å². The number of anilines is 1. The fraction of sp³-hybridized carbons (Fsp3) is 0.308. The van der Waals surface area contributed by atoms with Gasteiger partial charge >= 0.3 is 0 Å². The molecular weight excluding hydrogens is 280 g/mol. The second-order valence-corrected chi connectivity index (χ2v) is 4.87. The lowest BCUT2D eigenvalue weighted by Gasteiger charge is -2.13. The number of hydrogen-bond acceptors (Lipinski definition) is 3. The number of fused-ring (bicyclic) bond motifs is 1. The van der Waals surface area contributed by atoms with E-state index >= 15 is 0 Å². The predicted octanol–water partition coefficient (Wildman–Crippen LogP) is 3.44. The molecule has 1 atom stereocenters. The molecule has 17 heavy (non-hydrogen) atoms. The van der Waals surface area contributed by atoms with Gasteiger partial charge in [0.25, 0.3) is 0 Å². The Morgan fingerprint density at radius 1 is 1.47 bits per heavy atom. The Hall–Kier alpha value is -1.13. The summed E-state index contributed by atoms with van der Waals surface area (Å²) in [4.78, 5) is 4.43. The molecule has 0 spiro atoms. The van der Waals surface area contributed by atoms with Gasteiger partial charge in [0.1, 0.15) is 0 Å². The van der Waals surface area contributed by atoms with E-state index in [2.05, 4.69) is 38.4 Å². The number of hydrogen-bond donors (Lipinski definition) is 1. The lowest BCUT2D eigenvalue weighted by molar-refractivity contribution is 0.129. The molecule has 0 saturated carbocycles. The SMILES string of the molecule is COC(C)CNc1cccc2cc(Br)cnc12. The van der Waals surface area contributed by atoms with E-state index in [9.17, 15) is 0 Å². The highest BCUT2D eigenvalue weighted by Crippen LogP contribution is 2.23. The van der Waals surface area contributed by atoms with E-state index in [0.29, 0.717) is 0 Å². The number of rotatable bonds is 4. The van der Waals surface area contributed by atoms with Crippen LogP contribution in [0.3, 0.4) is 0 Å². The number of halogens is 1. The fourth-order valence-electron chi connectivity index (χ4n) is 1.61. The summed E-state index contributed by atoms with van der Waals surface area (Å²) in [5.41, 5.74) is 2.03. The zero-order valence-electron chi connectivity index (χ0n) is 9.90. The largest absolute Gasteiger partial charge is 0.381 e. The number of para-hydroxylation sites is 1. The predicted molar refractivity (Wildman–Crippen MR) is 74.4 cm³/mol. The quantitative estimate of drug-likeness (QED) is 0.938. The molecule has 0 bridgehead atoms. The van der Waals surface area contributed by atoms with E-state index in [1.165, 1.54) is 0 Å². The summed E-state index contributed by atoms with van der Waals surface area (Å²) < 4.78 is 6.21. The lowest BCUT2D eigenvalue weighted by atomic mass is 10.2. The topological polar surface area (TPSA) is 34.1 Å². The van der Waals surface area contributed by atoms with Crippen LogP contribution in [-0.4, -0.2) is 24.7 Å². The van der Waals surface area contributed by atoms with E-state index in [1.807, 2.05) is 25.3 Å². The first kappa shape index (κ1) is 12.3. The van der Waals surface area contributed by atoms with Crippen molar-refractivity contribution in [3.05, 3.63) is 34.9 Å². The molecule has 0 aliphatic rings. The maximum Gasteiger partial charge on any atom is 0.0934 e. The number of ether oxygens (including phenoxy) is 1. The first-order chi connectivity index (χ1) is 8.20. The zero-order valence-corrected chi connectivity index (χ0v) is 11.5. The molecule has 4 heteroatoms. The van der Waals surface area contributed by atoms with Gasteiger partial charge in [-0.1, -0.05) is 12.1 Å². The number of benzene rings is 1. The standard InChI is InChI=1S/C13H15BrN2O/c1-9(17-2)7-15-12-5-3-4-10-6-11(14)8-16-13(10)12/h3-6,8-9,15H,7H2,1-2H3. The molecule has 1 N–H and O–H groups in total. The molecule has 90 valence electrons. The molecule has 1 aromatic heterocycles. The molecule has 0 saturated heterocycles. The van der Waals surface area contributed by atoms with Crippen LogP contribution in [0.2, 0.25) is 0 Å². The van der Waals surface area contributed by atoms with Crippen LogP contribution in [0.1, 0.15) is 6.92 Å². The van der Waals surface area contributed by atoms with Gasteiger partial charge < -0.3 is 10.1 Å². The smallest absolute Gasteiger partial charge is 0.0934 e. The summed E-state index contributed by atoms with van der Waals surface area (Å²) in [6, 6.07) is 8.17. The maximum absolute atomic E-state index is 5.21. The third-order valence-electron chi connectivity index (χ3n) is 2.66. The van der Waals surface area contributed by atoms with Gasteiger partial charge in [-0.2, -0.15) is 0 Å². The highest BCUT2D eigenvalue weighted by Gasteiger charge is 2.04. The van der Waals surface area contributed by atoms with Crippen LogP contribution < -0.4 is 5.32 Å². The normalized spacial score (nSPS) is 12.6. The van der Waals surface area contributed by atoms with Crippen molar-refractivity contribution in [2.75, 3.05) is 19.0 Å². The van der Waals surface area contributed by atoms with Crippen molar-refractivity contribution >= 4 is 32.5 Å². The Balaban J connectivity index is 2.28. The van der Waals surface area contributed by atoms with Gasteiger partial charge in [-0.25, -0.2) is 0 Å². The summed E-state index contributed by atoms with van der Waals surface area (Å²) in [5.74, 6) is 0. The molecule has 1 aromatic carbocycles. The Morgan fingerprint density at radius 2 is 2.29 bits per heavy atom. The number of aromatic nitrogens is 1. The highest BCUT2D eigenvalue weighted by atomic mass is 79.9. The minimum absolute atomic E-state index is 0.181. The Kier molecular flexibility index (Phi) is 3.97. The van der Waals surface area contributed by atoms with Gasteiger partial charge in [-0.05, 0) is 35.0 Å². The highest BCUT2D eigenvalue weighted by molar-refractivity contribution is 9.10. The Labute approximate surface area is 109 Å². The van der Waals surface area contributed by atoms with Crippen LogP contribution in [0.4, 0.5) is 5.69 Å². The molecule has 0 aliphatic carbocycles. The van der Waals surface area contributed by atoms with E-state index < -0.39 is 0 Å². The molecule has 1 unspecified atom stereocenters. The van der Waals surface area contributed by atoms with Gasteiger partial charge in [-0.3, -0.25) is 4.98 Å². The summed E-state index contributed by atoms with van der Waals surface area (Å²) in [7, 11) is 1.71. The molecule has 2 rings (SSSR count). The van der Waals surface area contributed by atoms with Gasteiger partial charge in [0, 0.05) is 29.7 Å². The summed E-state index contributed by atoms with van der Waals surface area (Å²) in [6.07, 6.45) is 1.99. The summed E-state index contributed by atoms with van der Waals surface area (Å²) >= 11 is 3.43. The van der Waals surface area contributed by atoms with Gasteiger partial charge in [0.2, 0.25) is 0 Å². The molecule has 0 amide bonds. The van der Waals surface area contributed by atoms with Crippen molar-refractivity contribution in [3.63, 3.8) is 0 Å². The third kappa shape index (κ3) is 2.96. The lowest BCUT2D eigenvalue weighted by Crippen LogP contribution is -2.18. The van der Waals surface area contributed by atoms with Crippen LogP contribution in [0.15, 0.2) is 34.9 Å². The van der Waals surface area contributed by atoms with Gasteiger partial charge in [0.15, 0.2) is 0 Å². The van der Waals surface area contributed by atoms with Crippen molar-refractivity contribution < 1.29 is 4.74 Å². The van der Waals surface area contributed by atoms with E-state index in [4.69, 9.17) is 4.74 Å². The Bertz CT molecular complexity index is 516. The van der Waals surface area contributed by atoms with E-state index in [1.54, 1.807) is 7.11 Å². The van der Waals surface area contributed by atoms with Crippen LogP contribution in [0.5, 0.6) is 0 Å². The first-order valence-electron chi connectivity index (χ1n) is 5.51. The summed E-state index contributed by atoms with van der Waals surface area (Å²) in [6.45, 7) is 2.80. The van der Waals surface area contributed by atoms with Crippen LogP contribution in [-0.2, 0) is 4.74 Å². The number of pyridine rings is 1. The van der Waals surface area contributed by atoms with Crippen molar-refractivity contribution in [2.45, 2.75) is 13.0 Å². The molecule has 2 aromatic rings. The number of nitrogens with zero attached hydrogens (tertiary/aromatic N) is 1. The van der Waals surface area contributed by atoms with Crippen molar-refractivity contribution in [2.24, 2.45) is 0 Å². The molecule has 0 fully saturated rings. The van der Waals surface area contributed by atoms with Crippen LogP contribution in [0.25, 0.3) is 10.9 Å². The second-order valence-electron chi connectivity index (χ2n) is 3.96. The minimum atomic E-state index is 0.181. The monoisotopic (exact) mass is 294 g/mol. The first-order valence-corrected chi connectivity index (χ1v) is 6.31. The molecule has 1 heterocycles. The minimum Gasteiger partial charge on any atom is -0.381 e. The average Bonchev–Trinajstić information content (AvgIpc) is 2.35. The van der Waals surface area contributed by atoms with Crippen molar-refractivity contribution in [1.82, 2.24) is 4.98 Å².